The van der Waals surface area contributed by atoms with E-state index in [9.17, 15) is 4.79 Å². The smallest absolute Gasteiger partial charge is 0.251 e. The minimum absolute atomic E-state index is 0.0638. The van der Waals surface area contributed by atoms with Gasteiger partial charge in [0.05, 0.1) is 17.8 Å². The van der Waals surface area contributed by atoms with Gasteiger partial charge in [-0.25, -0.2) is 4.68 Å². The Morgan fingerprint density at radius 1 is 1.26 bits per heavy atom. The van der Waals surface area contributed by atoms with Gasteiger partial charge in [0, 0.05) is 18.7 Å². The van der Waals surface area contributed by atoms with Gasteiger partial charge in [-0.2, -0.15) is 0 Å². The molecule has 0 saturated carbocycles. The number of aromatic nitrogens is 3. The standard InChI is InChI=1S/C20H25N5O2/c1-2-25-17-9-8-15(13-16(17)22-23-25)20(26)21-14-18(19-7-6-12-27-19)24-10-4-3-5-11-24/h6-9,12-13,18H,2-5,10-11,14H2,1H3,(H,21,26)/t18-/m1/s1. The van der Waals surface area contributed by atoms with E-state index >= 15 is 0 Å². The summed E-state index contributed by atoms with van der Waals surface area (Å²) in [7, 11) is 0. The SMILES string of the molecule is CCn1nnc2cc(C(=O)NC[C@H](c3ccco3)N3CCCCC3)ccc21. The third kappa shape index (κ3) is 3.73. The van der Waals surface area contributed by atoms with E-state index in [0.717, 1.165) is 36.4 Å². The number of hydrogen-bond donors (Lipinski definition) is 1. The summed E-state index contributed by atoms with van der Waals surface area (Å²) < 4.78 is 7.47. The van der Waals surface area contributed by atoms with E-state index in [2.05, 4.69) is 20.5 Å². The van der Waals surface area contributed by atoms with Crippen molar-refractivity contribution in [2.45, 2.75) is 38.8 Å². The molecular weight excluding hydrogens is 342 g/mol. The molecule has 27 heavy (non-hydrogen) atoms. The van der Waals surface area contributed by atoms with Gasteiger partial charge in [-0.3, -0.25) is 9.69 Å². The highest BCUT2D eigenvalue weighted by Gasteiger charge is 2.25. The van der Waals surface area contributed by atoms with Crippen molar-refractivity contribution in [1.82, 2.24) is 25.2 Å². The van der Waals surface area contributed by atoms with Crippen LogP contribution in [0.3, 0.4) is 0 Å². The van der Waals surface area contributed by atoms with Gasteiger partial charge in [-0.05, 0) is 63.2 Å². The number of nitrogens with zero attached hydrogens (tertiary/aromatic N) is 4. The lowest BCUT2D eigenvalue weighted by molar-refractivity contribution is 0.0914. The quantitative estimate of drug-likeness (QED) is 0.725. The number of rotatable bonds is 6. The molecule has 1 amide bonds. The van der Waals surface area contributed by atoms with Gasteiger partial charge in [0.1, 0.15) is 11.3 Å². The molecule has 1 aliphatic heterocycles. The molecule has 0 spiro atoms. The lowest BCUT2D eigenvalue weighted by Crippen LogP contribution is -2.40. The van der Waals surface area contributed by atoms with Gasteiger partial charge in [0.15, 0.2) is 0 Å². The maximum Gasteiger partial charge on any atom is 0.251 e. The van der Waals surface area contributed by atoms with Crippen LogP contribution in [0.4, 0.5) is 0 Å². The van der Waals surface area contributed by atoms with Crippen molar-refractivity contribution in [3.8, 4) is 0 Å². The molecule has 7 heteroatoms. The zero-order chi connectivity index (χ0) is 18.6. The van der Waals surface area contributed by atoms with E-state index in [4.69, 9.17) is 4.42 Å². The van der Waals surface area contributed by atoms with Crippen molar-refractivity contribution in [2.24, 2.45) is 0 Å². The van der Waals surface area contributed by atoms with Crippen LogP contribution in [-0.4, -0.2) is 45.4 Å². The van der Waals surface area contributed by atoms with Crippen molar-refractivity contribution >= 4 is 16.9 Å². The van der Waals surface area contributed by atoms with Gasteiger partial charge >= 0.3 is 0 Å². The summed E-state index contributed by atoms with van der Waals surface area (Å²) in [6, 6.07) is 9.49. The first kappa shape index (κ1) is 17.7. The van der Waals surface area contributed by atoms with E-state index in [1.165, 1.54) is 19.3 Å². The number of aryl methyl sites for hydroxylation is 1. The fourth-order valence-electron chi connectivity index (χ4n) is 3.76. The lowest BCUT2D eigenvalue weighted by Gasteiger charge is -2.33. The number of nitrogens with one attached hydrogen (secondary N) is 1. The molecule has 0 aliphatic carbocycles. The third-order valence-corrected chi connectivity index (χ3v) is 5.23. The van der Waals surface area contributed by atoms with Gasteiger partial charge in [-0.15, -0.1) is 5.10 Å². The van der Waals surface area contributed by atoms with Gasteiger partial charge in [0.25, 0.3) is 5.91 Å². The van der Waals surface area contributed by atoms with Crippen molar-refractivity contribution in [3.05, 3.63) is 47.9 Å². The summed E-state index contributed by atoms with van der Waals surface area (Å²) in [5, 5.41) is 11.3. The topological polar surface area (TPSA) is 76.2 Å². The number of hydrogen-bond acceptors (Lipinski definition) is 5. The molecule has 2 aromatic heterocycles. The zero-order valence-electron chi connectivity index (χ0n) is 15.6. The number of carbonyl (C=O) groups is 1. The molecule has 0 bridgehead atoms. The normalized spacial score (nSPS) is 16.5. The molecule has 1 fully saturated rings. The van der Waals surface area contributed by atoms with Crippen LogP contribution in [0.1, 0.15) is 48.3 Å². The second-order valence-electron chi connectivity index (χ2n) is 6.95. The maximum absolute atomic E-state index is 12.7. The van der Waals surface area contributed by atoms with Crippen LogP contribution >= 0.6 is 0 Å². The van der Waals surface area contributed by atoms with Crippen molar-refractivity contribution in [3.63, 3.8) is 0 Å². The van der Waals surface area contributed by atoms with E-state index in [0.29, 0.717) is 12.1 Å². The number of fused-ring (bicyclic) bond motifs is 1. The number of likely N-dealkylation sites (tertiary alicyclic amines) is 1. The summed E-state index contributed by atoms with van der Waals surface area (Å²) in [6.07, 6.45) is 5.34. The van der Waals surface area contributed by atoms with Crippen molar-refractivity contribution < 1.29 is 9.21 Å². The summed E-state index contributed by atoms with van der Waals surface area (Å²) in [6.45, 7) is 5.36. The summed E-state index contributed by atoms with van der Waals surface area (Å²) in [5.74, 6) is 0.801. The van der Waals surface area contributed by atoms with E-state index in [1.807, 2.05) is 35.9 Å². The first-order valence-electron chi connectivity index (χ1n) is 9.65. The minimum atomic E-state index is -0.100. The largest absolute Gasteiger partial charge is 0.468 e. The van der Waals surface area contributed by atoms with Crippen LogP contribution in [0.5, 0.6) is 0 Å². The van der Waals surface area contributed by atoms with E-state index in [-0.39, 0.29) is 11.9 Å². The fraction of sp³-hybridized carbons (Fsp3) is 0.450. The predicted octanol–water partition coefficient (Wildman–Crippen LogP) is 3.00. The summed E-state index contributed by atoms with van der Waals surface area (Å²) in [4.78, 5) is 15.1. The molecule has 142 valence electrons. The molecule has 0 radical (unpaired) electrons. The monoisotopic (exact) mass is 367 g/mol. The Kier molecular flexibility index (Phi) is 5.20. The van der Waals surface area contributed by atoms with Gasteiger partial charge < -0.3 is 9.73 Å². The predicted molar refractivity (Wildman–Crippen MR) is 102 cm³/mol. The minimum Gasteiger partial charge on any atom is -0.468 e. The highest BCUT2D eigenvalue weighted by Crippen LogP contribution is 2.24. The molecule has 1 saturated heterocycles. The van der Waals surface area contributed by atoms with Crippen molar-refractivity contribution in [1.29, 1.82) is 0 Å². The molecule has 1 aliphatic rings. The van der Waals surface area contributed by atoms with Crippen LogP contribution < -0.4 is 5.32 Å². The molecule has 0 unspecified atom stereocenters. The number of carbonyl (C=O) groups excluding carboxylic acids is 1. The third-order valence-electron chi connectivity index (χ3n) is 5.23. The molecule has 4 rings (SSSR count). The van der Waals surface area contributed by atoms with E-state index < -0.39 is 0 Å². The first-order chi connectivity index (χ1) is 13.3. The van der Waals surface area contributed by atoms with E-state index in [1.54, 1.807) is 12.3 Å². The van der Waals surface area contributed by atoms with Gasteiger partial charge in [-0.1, -0.05) is 11.6 Å². The highest BCUT2D eigenvalue weighted by atomic mass is 16.3. The summed E-state index contributed by atoms with van der Waals surface area (Å²) >= 11 is 0. The lowest BCUT2D eigenvalue weighted by atomic mass is 10.1. The maximum atomic E-state index is 12.7. The zero-order valence-corrected chi connectivity index (χ0v) is 15.6. The van der Waals surface area contributed by atoms with Crippen molar-refractivity contribution in [2.75, 3.05) is 19.6 Å². The Morgan fingerprint density at radius 3 is 2.85 bits per heavy atom. The number of piperidine rings is 1. The van der Waals surface area contributed by atoms with Crippen LogP contribution in [0, 0.1) is 0 Å². The Morgan fingerprint density at radius 2 is 2.11 bits per heavy atom. The Bertz CT molecular complexity index is 896. The first-order valence-corrected chi connectivity index (χ1v) is 9.65. The second-order valence-corrected chi connectivity index (χ2v) is 6.95. The van der Waals surface area contributed by atoms with Crippen LogP contribution in [0.25, 0.3) is 11.0 Å². The second kappa shape index (κ2) is 7.92. The van der Waals surface area contributed by atoms with Crippen LogP contribution in [0.15, 0.2) is 41.0 Å². The Labute approximate surface area is 158 Å². The molecule has 1 N–H and O–H groups in total. The number of benzene rings is 1. The number of furan rings is 1. The molecule has 3 heterocycles. The van der Waals surface area contributed by atoms with Crippen LogP contribution in [0.2, 0.25) is 0 Å². The Hall–Kier alpha value is -2.67. The highest BCUT2D eigenvalue weighted by molar-refractivity contribution is 5.97. The molecule has 3 aromatic rings. The summed E-state index contributed by atoms with van der Waals surface area (Å²) in [5.41, 5.74) is 2.28. The fourth-order valence-corrected chi connectivity index (χ4v) is 3.76. The average Bonchev–Trinajstić information content (AvgIpc) is 3.38. The molecular formula is C20H25N5O2. The Balaban J connectivity index is 1.47. The van der Waals surface area contributed by atoms with Gasteiger partial charge in [0.2, 0.25) is 0 Å². The number of amides is 1. The average molecular weight is 367 g/mol. The van der Waals surface area contributed by atoms with Crippen LogP contribution in [-0.2, 0) is 6.54 Å². The molecule has 1 aromatic carbocycles. The molecule has 1 atom stereocenters. The molecule has 7 nitrogen and oxygen atoms in total.